The largest absolute Gasteiger partial charge is 0.440 e. The number of nitrogens with two attached hydrogens (primary N) is 1. The zero-order valence-electron chi connectivity index (χ0n) is 8.47. The minimum Gasteiger partial charge on any atom is -0.440 e. The van der Waals surface area contributed by atoms with Gasteiger partial charge in [-0.1, -0.05) is 0 Å². The highest BCUT2D eigenvalue weighted by atomic mass is 16.4. The van der Waals surface area contributed by atoms with Gasteiger partial charge in [0.2, 0.25) is 5.89 Å². The van der Waals surface area contributed by atoms with Gasteiger partial charge in [-0.3, -0.25) is 4.98 Å². The van der Waals surface area contributed by atoms with E-state index in [0.29, 0.717) is 18.1 Å². The van der Waals surface area contributed by atoms with Crippen molar-refractivity contribution < 1.29 is 4.42 Å². The lowest BCUT2D eigenvalue weighted by atomic mass is 10.3. The second-order valence-corrected chi connectivity index (χ2v) is 3.21. The molecule has 0 saturated carbocycles. The van der Waals surface area contributed by atoms with E-state index in [0.717, 1.165) is 17.9 Å². The average Bonchev–Trinajstić information content (AvgIpc) is 2.67. The van der Waals surface area contributed by atoms with Crippen LogP contribution in [0.2, 0.25) is 0 Å². The van der Waals surface area contributed by atoms with Crippen molar-refractivity contribution in [3.8, 4) is 11.6 Å². The van der Waals surface area contributed by atoms with Gasteiger partial charge in [-0.2, -0.15) is 0 Å². The minimum absolute atomic E-state index is 0.499. The van der Waals surface area contributed by atoms with Gasteiger partial charge in [0.15, 0.2) is 0 Å². The van der Waals surface area contributed by atoms with Crippen LogP contribution in [-0.4, -0.2) is 21.5 Å². The molecule has 2 aromatic rings. The van der Waals surface area contributed by atoms with Crippen LogP contribution < -0.4 is 5.73 Å². The van der Waals surface area contributed by atoms with E-state index in [4.69, 9.17) is 10.2 Å². The molecule has 0 radical (unpaired) electrons. The van der Waals surface area contributed by atoms with E-state index in [1.54, 1.807) is 18.6 Å². The van der Waals surface area contributed by atoms with Crippen molar-refractivity contribution in [2.45, 2.75) is 13.3 Å². The molecule has 0 unspecified atom stereocenters. The first-order valence-electron chi connectivity index (χ1n) is 4.73. The molecule has 0 spiro atoms. The van der Waals surface area contributed by atoms with E-state index in [2.05, 4.69) is 15.0 Å². The first-order valence-corrected chi connectivity index (χ1v) is 4.73. The highest BCUT2D eigenvalue weighted by Crippen LogP contribution is 2.14. The predicted octanol–water partition coefficient (Wildman–Crippen LogP) is 0.941. The van der Waals surface area contributed by atoms with Crippen molar-refractivity contribution in [3.63, 3.8) is 0 Å². The van der Waals surface area contributed by atoms with Crippen molar-refractivity contribution in [1.82, 2.24) is 15.0 Å². The van der Waals surface area contributed by atoms with Gasteiger partial charge in [-0.25, -0.2) is 9.97 Å². The normalized spacial score (nSPS) is 10.5. The maximum atomic E-state index is 5.41. The maximum Gasteiger partial charge on any atom is 0.246 e. The number of aromatic nitrogens is 3. The fourth-order valence-corrected chi connectivity index (χ4v) is 1.22. The fraction of sp³-hybridized carbons (Fsp3) is 0.300. The Balaban J connectivity index is 2.23. The van der Waals surface area contributed by atoms with Crippen molar-refractivity contribution in [2.24, 2.45) is 5.73 Å². The summed E-state index contributed by atoms with van der Waals surface area (Å²) in [5.74, 6) is 1.26. The molecule has 0 saturated heterocycles. The Bertz CT molecular complexity index is 435. The quantitative estimate of drug-likeness (QED) is 0.805. The van der Waals surface area contributed by atoms with Gasteiger partial charge in [-0.15, -0.1) is 0 Å². The van der Waals surface area contributed by atoms with Crippen molar-refractivity contribution in [2.75, 3.05) is 6.54 Å². The summed E-state index contributed by atoms with van der Waals surface area (Å²) in [5, 5.41) is 0. The number of rotatable bonds is 3. The lowest BCUT2D eigenvalue weighted by Crippen LogP contribution is -2.04. The number of hydrogen-bond donors (Lipinski definition) is 1. The van der Waals surface area contributed by atoms with Crippen LogP contribution in [0.15, 0.2) is 23.0 Å². The van der Waals surface area contributed by atoms with Gasteiger partial charge in [-0.05, 0) is 13.5 Å². The maximum absolute atomic E-state index is 5.41. The van der Waals surface area contributed by atoms with Crippen molar-refractivity contribution in [1.29, 1.82) is 0 Å². The molecule has 0 aliphatic rings. The van der Waals surface area contributed by atoms with Crippen LogP contribution in [0.3, 0.4) is 0 Å². The third-order valence-corrected chi connectivity index (χ3v) is 1.95. The number of hydrogen-bond acceptors (Lipinski definition) is 5. The van der Waals surface area contributed by atoms with E-state index in [1.807, 2.05) is 6.92 Å². The molecule has 0 bridgehead atoms. The average molecular weight is 204 g/mol. The van der Waals surface area contributed by atoms with Crippen LogP contribution in [0.1, 0.15) is 11.5 Å². The molecular weight excluding hydrogens is 192 g/mol. The summed E-state index contributed by atoms with van der Waals surface area (Å²) in [5.41, 5.74) is 6.94. The third kappa shape index (κ3) is 2.19. The second-order valence-electron chi connectivity index (χ2n) is 3.21. The summed E-state index contributed by atoms with van der Waals surface area (Å²) in [6.45, 7) is 2.42. The summed E-state index contributed by atoms with van der Waals surface area (Å²) < 4.78 is 5.33. The Morgan fingerprint density at radius 1 is 1.20 bits per heavy atom. The fourth-order valence-electron chi connectivity index (χ4n) is 1.22. The van der Waals surface area contributed by atoms with Crippen LogP contribution in [0.5, 0.6) is 0 Å². The summed E-state index contributed by atoms with van der Waals surface area (Å²) >= 11 is 0. The molecule has 0 amide bonds. The zero-order chi connectivity index (χ0) is 10.7. The van der Waals surface area contributed by atoms with Crippen LogP contribution in [-0.2, 0) is 6.42 Å². The molecule has 0 fully saturated rings. The summed E-state index contributed by atoms with van der Waals surface area (Å²) in [6, 6.07) is 0. The standard InChI is InChI=1S/C10H12N4O/c1-7-4-14-10(15-7)9-6-12-8(2-3-11)5-13-9/h4-6H,2-3,11H2,1H3. The van der Waals surface area contributed by atoms with Gasteiger partial charge < -0.3 is 10.2 Å². The van der Waals surface area contributed by atoms with Gasteiger partial charge >= 0.3 is 0 Å². The van der Waals surface area contributed by atoms with E-state index in [-0.39, 0.29) is 0 Å². The SMILES string of the molecule is Cc1cnc(-c2cnc(CCN)cn2)o1. The molecule has 2 rings (SSSR count). The molecular formula is C10H12N4O. The van der Waals surface area contributed by atoms with E-state index in [9.17, 15) is 0 Å². The molecule has 2 N–H and O–H groups in total. The molecule has 2 aromatic heterocycles. The van der Waals surface area contributed by atoms with Crippen LogP contribution in [0.25, 0.3) is 11.6 Å². The molecule has 2 heterocycles. The molecule has 5 nitrogen and oxygen atoms in total. The number of oxazole rings is 1. The highest BCUT2D eigenvalue weighted by molar-refractivity contribution is 5.44. The van der Waals surface area contributed by atoms with E-state index < -0.39 is 0 Å². The van der Waals surface area contributed by atoms with Crippen LogP contribution >= 0.6 is 0 Å². The Labute approximate surface area is 87.4 Å². The molecule has 78 valence electrons. The van der Waals surface area contributed by atoms with Crippen LogP contribution in [0.4, 0.5) is 0 Å². The highest BCUT2D eigenvalue weighted by Gasteiger charge is 2.06. The van der Waals surface area contributed by atoms with Gasteiger partial charge in [0, 0.05) is 12.6 Å². The van der Waals surface area contributed by atoms with Gasteiger partial charge in [0.05, 0.1) is 18.1 Å². The summed E-state index contributed by atoms with van der Waals surface area (Å²) in [6.07, 6.45) is 5.74. The molecule has 0 aliphatic carbocycles. The predicted molar refractivity (Wildman–Crippen MR) is 55.0 cm³/mol. The second kappa shape index (κ2) is 4.18. The van der Waals surface area contributed by atoms with Gasteiger partial charge in [0.1, 0.15) is 11.5 Å². The first kappa shape index (κ1) is 9.79. The summed E-state index contributed by atoms with van der Waals surface area (Å²) in [4.78, 5) is 12.5. The topological polar surface area (TPSA) is 77.8 Å². The molecule has 15 heavy (non-hydrogen) atoms. The molecule has 0 aromatic carbocycles. The lowest BCUT2D eigenvalue weighted by molar-refractivity contribution is 0.540. The third-order valence-electron chi connectivity index (χ3n) is 1.95. The van der Waals surface area contributed by atoms with Crippen molar-refractivity contribution in [3.05, 3.63) is 30.0 Å². The summed E-state index contributed by atoms with van der Waals surface area (Å²) in [7, 11) is 0. The number of aryl methyl sites for hydroxylation is 1. The molecule has 0 atom stereocenters. The Hall–Kier alpha value is -1.75. The Kier molecular flexibility index (Phi) is 2.73. The first-order chi connectivity index (χ1) is 7.29. The minimum atomic E-state index is 0.499. The van der Waals surface area contributed by atoms with Gasteiger partial charge in [0.25, 0.3) is 0 Å². The molecule has 0 aliphatic heterocycles. The molecule has 5 heteroatoms. The van der Waals surface area contributed by atoms with E-state index in [1.165, 1.54) is 0 Å². The van der Waals surface area contributed by atoms with E-state index >= 15 is 0 Å². The smallest absolute Gasteiger partial charge is 0.246 e. The zero-order valence-corrected chi connectivity index (χ0v) is 8.47. The van der Waals surface area contributed by atoms with Crippen LogP contribution in [0, 0.1) is 6.92 Å². The Morgan fingerprint density at radius 2 is 2.07 bits per heavy atom. The number of nitrogens with zero attached hydrogens (tertiary/aromatic N) is 3. The monoisotopic (exact) mass is 204 g/mol. The Morgan fingerprint density at radius 3 is 2.60 bits per heavy atom. The van der Waals surface area contributed by atoms with Crippen molar-refractivity contribution >= 4 is 0 Å². The lowest BCUT2D eigenvalue weighted by Gasteiger charge is -1.97.